The third-order valence-electron chi connectivity index (χ3n) is 4.95. The molecular formula is C23H17Cl2F2N3O2S. The fourth-order valence-electron chi connectivity index (χ4n) is 3.40. The molecule has 0 bridgehead atoms. The molecule has 5 nitrogen and oxygen atoms in total. The Morgan fingerprint density at radius 1 is 1.18 bits per heavy atom. The third-order valence-corrected chi connectivity index (χ3v) is 6.72. The molecule has 4 rings (SSSR count). The van der Waals surface area contributed by atoms with Gasteiger partial charge in [-0.15, -0.1) is 0 Å². The molecule has 2 aromatic carbocycles. The van der Waals surface area contributed by atoms with Crippen molar-refractivity contribution < 1.29 is 17.8 Å². The Hall–Kier alpha value is -2.81. The first-order valence-electron chi connectivity index (χ1n) is 9.90. The second kappa shape index (κ2) is 9.59. The quantitative estimate of drug-likeness (QED) is 0.279. The number of H-pyrrole nitrogens is 1. The van der Waals surface area contributed by atoms with Gasteiger partial charge in [0.15, 0.2) is 5.82 Å². The number of rotatable bonds is 7. The fraction of sp³-hybridized carbons (Fsp3) is 0.130. The summed E-state index contributed by atoms with van der Waals surface area (Å²) >= 11 is 12.3. The molecule has 170 valence electrons. The molecule has 33 heavy (non-hydrogen) atoms. The number of nitrogens with one attached hydrogen (secondary N) is 2. The number of anilines is 1. The van der Waals surface area contributed by atoms with Gasteiger partial charge in [-0.2, -0.15) is 0 Å². The summed E-state index contributed by atoms with van der Waals surface area (Å²) in [5, 5.41) is 1.23. The molecule has 0 saturated carbocycles. The standard InChI is InChI=1S/C23H17Cl2F2N3O2S/c1-2-7-33(32)30-19-6-5-18(26)20(21(19)27)22(31)16-11-29-23-15(16)8-12(10-28-23)14-4-3-13(24)9-17(14)25/h3-6,8-11,30H,2,7H2,1H3,(H,28,29). The van der Waals surface area contributed by atoms with Crippen molar-refractivity contribution in [3.63, 3.8) is 0 Å². The molecule has 4 aromatic rings. The molecule has 10 heteroatoms. The molecule has 0 aliphatic carbocycles. The minimum absolute atomic E-state index is 0.0362. The van der Waals surface area contributed by atoms with E-state index in [0.717, 1.165) is 12.1 Å². The van der Waals surface area contributed by atoms with E-state index in [1.165, 1.54) is 6.20 Å². The van der Waals surface area contributed by atoms with E-state index < -0.39 is 34.0 Å². The highest BCUT2D eigenvalue weighted by molar-refractivity contribution is 7.86. The number of carbonyl (C=O) groups excluding carboxylic acids is 1. The van der Waals surface area contributed by atoms with Crippen LogP contribution >= 0.6 is 23.2 Å². The number of halogens is 4. The molecular weight excluding hydrogens is 491 g/mol. The van der Waals surface area contributed by atoms with Gasteiger partial charge < -0.3 is 9.71 Å². The number of hydrogen-bond donors (Lipinski definition) is 2. The lowest BCUT2D eigenvalue weighted by Gasteiger charge is -2.10. The molecule has 1 atom stereocenters. The summed E-state index contributed by atoms with van der Waals surface area (Å²) in [7, 11) is -1.56. The van der Waals surface area contributed by atoms with Crippen LogP contribution in [0.15, 0.2) is 48.8 Å². The van der Waals surface area contributed by atoms with Crippen molar-refractivity contribution in [2.45, 2.75) is 13.3 Å². The summed E-state index contributed by atoms with van der Waals surface area (Å²) in [5.41, 5.74) is 0.684. The number of hydrogen-bond acceptors (Lipinski definition) is 3. The van der Waals surface area contributed by atoms with Crippen LogP contribution in [-0.4, -0.2) is 25.7 Å². The van der Waals surface area contributed by atoms with Crippen LogP contribution in [0.5, 0.6) is 0 Å². The number of aromatic nitrogens is 2. The van der Waals surface area contributed by atoms with Gasteiger partial charge in [-0.05, 0) is 36.8 Å². The fourth-order valence-corrected chi connectivity index (χ4v) is 4.79. The van der Waals surface area contributed by atoms with E-state index in [9.17, 15) is 13.4 Å². The summed E-state index contributed by atoms with van der Waals surface area (Å²) in [6, 6.07) is 8.71. The van der Waals surface area contributed by atoms with Crippen molar-refractivity contribution in [2.75, 3.05) is 10.5 Å². The molecule has 0 aliphatic rings. The molecule has 0 saturated heterocycles. The first-order chi connectivity index (χ1) is 15.8. The normalized spacial score (nSPS) is 12.2. The highest BCUT2D eigenvalue weighted by Gasteiger charge is 2.25. The van der Waals surface area contributed by atoms with E-state index >= 15 is 4.39 Å². The summed E-state index contributed by atoms with van der Waals surface area (Å²) in [4.78, 5) is 20.4. The molecule has 0 amide bonds. The van der Waals surface area contributed by atoms with Gasteiger partial charge >= 0.3 is 0 Å². The second-order valence-corrected chi connectivity index (χ2v) is 9.36. The number of aromatic amines is 1. The first kappa shape index (κ1) is 23.4. The average molecular weight is 508 g/mol. The molecule has 0 spiro atoms. The highest BCUT2D eigenvalue weighted by Crippen LogP contribution is 2.33. The predicted octanol–water partition coefficient (Wildman–Crippen LogP) is 6.53. The first-order valence-corrected chi connectivity index (χ1v) is 12.0. The zero-order valence-electron chi connectivity index (χ0n) is 17.2. The molecule has 0 fully saturated rings. The van der Waals surface area contributed by atoms with Crippen molar-refractivity contribution in [3.05, 3.63) is 81.6 Å². The Kier molecular flexibility index (Phi) is 6.78. The molecule has 0 aliphatic heterocycles. The maximum atomic E-state index is 15.1. The largest absolute Gasteiger partial charge is 0.345 e. The number of fused-ring (bicyclic) bond motifs is 1. The van der Waals surface area contributed by atoms with Gasteiger partial charge in [0.2, 0.25) is 5.78 Å². The monoisotopic (exact) mass is 507 g/mol. The lowest BCUT2D eigenvalue weighted by Crippen LogP contribution is -2.13. The van der Waals surface area contributed by atoms with E-state index in [0.29, 0.717) is 38.6 Å². The van der Waals surface area contributed by atoms with Crippen molar-refractivity contribution in [3.8, 4) is 11.1 Å². The number of carbonyl (C=O) groups is 1. The van der Waals surface area contributed by atoms with Gasteiger partial charge in [0.1, 0.15) is 22.5 Å². The van der Waals surface area contributed by atoms with Crippen LogP contribution in [0.4, 0.5) is 14.5 Å². The highest BCUT2D eigenvalue weighted by atomic mass is 35.5. The van der Waals surface area contributed by atoms with E-state index in [-0.39, 0.29) is 17.0 Å². The van der Waals surface area contributed by atoms with Crippen molar-refractivity contribution >= 4 is 56.7 Å². The Morgan fingerprint density at radius 3 is 2.70 bits per heavy atom. The van der Waals surface area contributed by atoms with Crippen molar-refractivity contribution in [1.29, 1.82) is 0 Å². The molecule has 2 N–H and O–H groups in total. The Balaban J connectivity index is 1.78. The SMILES string of the molecule is CCCS(=O)Nc1ccc(F)c(C(=O)c2c[nH]c3ncc(-c4ccc(Cl)cc4Cl)cc23)c1F. The summed E-state index contributed by atoms with van der Waals surface area (Å²) in [6.45, 7) is 1.83. The van der Waals surface area contributed by atoms with Crippen LogP contribution in [0.25, 0.3) is 22.2 Å². The van der Waals surface area contributed by atoms with E-state index in [1.807, 2.05) is 6.92 Å². The maximum absolute atomic E-state index is 15.1. The van der Waals surface area contributed by atoms with E-state index in [1.54, 1.807) is 30.5 Å². The van der Waals surface area contributed by atoms with Crippen LogP contribution in [0.3, 0.4) is 0 Å². The van der Waals surface area contributed by atoms with Gasteiger partial charge in [-0.1, -0.05) is 36.2 Å². The van der Waals surface area contributed by atoms with Crippen LogP contribution in [0, 0.1) is 11.6 Å². The van der Waals surface area contributed by atoms with Gasteiger partial charge in [-0.3, -0.25) is 4.79 Å². The van der Waals surface area contributed by atoms with Gasteiger partial charge in [0, 0.05) is 50.3 Å². The van der Waals surface area contributed by atoms with Crippen LogP contribution in [0.2, 0.25) is 10.0 Å². The van der Waals surface area contributed by atoms with Gasteiger partial charge in [0.25, 0.3) is 0 Å². The zero-order chi connectivity index (χ0) is 23.7. The van der Waals surface area contributed by atoms with Crippen LogP contribution in [0.1, 0.15) is 29.3 Å². The molecule has 0 radical (unpaired) electrons. The second-order valence-electron chi connectivity index (χ2n) is 7.21. The lowest BCUT2D eigenvalue weighted by atomic mass is 10.00. The zero-order valence-corrected chi connectivity index (χ0v) is 19.5. The van der Waals surface area contributed by atoms with Crippen LogP contribution in [-0.2, 0) is 11.0 Å². The number of pyridine rings is 1. The van der Waals surface area contributed by atoms with Crippen LogP contribution < -0.4 is 4.72 Å². The Bertz CT molecular complexity index is 1410. The van der Waals surface area contributed by atoms with Gasteiger partial charge in [-0.25, -0.2) is 18.0 Å². The Morgan fingerprint density at radius 2 is 1.97 bits per heavy atom. The predicted molar refractivity (Wildman–Crippen MR) is 128 cm³/mol. The summed E-state index contributed by atoms with van der Waals surface area (Å²) in [5.74, 6) is -2.72. The minimum Gasteiger partial charge on any atom is -0.345 e. The summed E-state index contributed by atoms with van der Waals surface area (Å²) in [6.07, 6.45) is 3.52. The van der Waals surface area contributed by atoms with E-state index in [2.05, 4.69) is 14.7 Å². The summed E-state index contributed by atoms with van der Waals surface area (Å²) < 4.78 is 44.1. The smallest absolute Gasteiger partial charge is 0.201 e. The van der Waals surface area contributed by atoms with Crippen molar-refractivity contribution in [1.82, 2.24) is 9.97 Å². The molecule has 2 aromatic heterocycles. The number of benzene rings is 2. The van der Waals surface area contributed by atoms with Crippen molar-refractivity contribution in [2.24, 2.45) is 0 Å². The molecule has 2 heterocycles. The maximum Gasteiger partial charge on any atom is 0.201 e. The van der Waals surface area contributed by atoms with E-state index in [4.69, 9.17) is 23.2 Å². The average Bonchev–Trinajstić information content (AvgIpc) is 3.19. The molecule has 1 unspecified atom stereocenters. The Labute approximate surface area is 200 Å². The number of ketones is 1. The number of nitrogens with zero attached hydrogens (tertiary/aromatic N) is 1. The lowest BCUT2D eigenvalue weighted by molar-refractivity contribution is 0.103. The topological polar surface area (TPSA) is 74.8 Å². The minimum atomic E-state index is -1.56. The van der Waals surface area contributed by atoms with Gasteiger partial charge in [0.05, 0.1) is 11.3 Å². The third kappa shape index (κ3) is 4.64.